The predicted molar refractivity (Wildman–Crippen MR) is 74.6 cm³/mol. The normalized spacial score (nSPS) is 18.6. The van der Waals surface area contributed by atoms with E-state index in [0.717, 1.165) is 19.0 Å². The highest BCUT2D eigenvalue weighted by Crippen LogP contribution is 2.15. The Morgan fingerprint density at radius 3 is 2.61 bits per heavy atom. The first-order valence-electron chi connectivity index (χ1n) is 6.51. The lowest BCUT2D eigenvalue weighted by atomic mass is 9.93. The fourth-order valence-corrected chi connectivity index (χ4v) is 1.62. The molecule has 0 fully saturated rings. The lowest BCUT2D eigenvalue weighted by Crippen LogP contribution is -2.48. The number of aliphatic imine (C=N–C) groups is 1. The molecule has 18 heavy (non-hydrogen) atoms. The summed E-state index contributed by atoms with van der Waals surface area (Å²) in [6.45, 7) is 12.6. The van der Waals surface area contributed by atoms with Gasteiger partial charge in [-0.05, 0) is 20.8 Å². The zero-order valence-electron chi connectivity index (χ0n) is 12.2. The number of carbonyl (C=O) groups excluding carboxylic acids is 1. The van der Waals surface area contributed by atoms with Crippen molar-refractivity contribution >= 4 is 11.9 Å². The Morgan fingerprint density at radius 2 is 2.11 bits per heavy atom. The second-order valence-electron chi connectivity index (χ2n) is 6.66. The Balaban J connectivity index is 2.23. The van der Waals surface area contributed by atoms with E-state index in [4.69, 9.17) is 0 Å². The van der Waals surface area contributed by atoms with Gasteiger partial charge in [-0.15, -0.1) is 0 Å². The Hall–Kier alpha value is -1.26. The second kappa shape index (κ2) is 5.59. The number of nitrogens with one attached hydrogen (secondary N) is 3. The molecule has 0 spiro atoms. The van der Waals surface area contributed by atoms with Crippen molar-refractivity contribution in [3.8, 4) is 0 Å². The molecule has 1 amide bonds. The summed E-state index contributed by atoms with van der Waals surface area (Å²) in [4.78, 5) is 16.0. The van der Waals surface area contributed by atoms with E-state index in [1.54, 1.807) is 0 Å². The van der Waals surface area contributed by atoms with E-state index in [1.807, 2.05) is 20.8 Å². The standard InChI is InChI=1S/C13H26N4O/c1-12(2,3)17-10(18)6-7-14-11-15-8-13(4,5)9-16-11/h6-9H2,1-5H3,(H,17,18)(H2,14,15,16). The van der Waals surface area contributed by atoms with Gasteiger partial charge in [0.1, 0.15) is 0 Å². The van der Waals surface area contributed by atoms with Crippen LogP contribution in [0.25, 0.3) is 0 Å². The average Bonchev–Trinajstić information content (AvgIpc) is 2.18. The van der Waals surface area contributed by atoms with E-state index in [-0.39, 0.29) is 16.9 Å². The van der Waals surface area contributed by atoms with Crippen LogP contribution in [-0.2, 0) is 4.79 Å². The number of carbonyl (C=O) groups is 1. The molecular weight excluding hydrogens is 228 g/mol. The summed E-state index contributed by atoms with van der Waals surface area (Å²) in [7, 11) is 0. The quantitative estimate of drug-likeness (QED) is 0.700. The van der Waals surface area contributed by atoms with Crippen LogP contribution in [0.5, 0.6) is 0 Å². The molecule has 1 aliphatic heterocycles. The predicted octanol–water partition coefficient (Wildman–Crippen LogP) is 0.866. The monoisotopic (exact) mass is 254 g/mol. The first-order valence-corrected chi connectivity index (χ1v) is 6.51. The van der Waals surface area contributed by atoms with E-state index >= 15 is 0 Å². The van der Waals surface area contributed by atoms with Gasteiger partial charge >= 0.3 is 0 Å². The Kier molecular flexibility index (Phi) is 4.59. The van der Waals surface area contributed by atoms with Crippen LogP contribution in [0.2, 0.25) is 0 Å². The molecule has 3 N–H and O–H groups in total. The summed E-state index contributed by atoms with van der Waals surface area (Å²) in [6.07, 6.45) is 0.460. The molecule has 0 atom stereocenters. The molecular formula is C13H26N4O. The molecule has 0 saturated carbocycles. The van der Waals surface area contributed by atoms with Crippen molar-refractivity contribution in [2.45, 2.75) is 46.6 Å². The summed E-state index contributed by atoms with van der Waals surface area (Å²) in [6, 6.07) is 0. The van der Waals surface area contributed by atoms with Crippen LogP contribution in [0.4, 0.5) is 0 Å². The van der Waals surface area contributed by atoms with E-state index in [0.29, 0.717) is 13.0 Å². The molecule has 0 saturated heterocycles. The number of amides is 1. The van der Waals surface area contributed by atoms with Crippen molar-refractivity contribution in [1.29, 1.82) is 0 Å². The minimum atomic E-state index is -0.165. The zero-order chi connectivity index (χ0) is 13.8. The van der Waals surface area contributed by atoms with Crippen molar-refractivity contribution in [2.24, 2.45) is 10.4 Å². The second-order valence-corrected chi connectivity index (χ2v) is 6.66. The fourth-order valence-electron chi connectivity index (χ4n) is 1.62. The van der Waals surface area contributed by atoms with Gasteiger partial charge in [0.25, 0.3) is 0 Å². The first kappa shape index (κ1) is 14.8. The Labute approximate surface area is 110 Å². The number of rotatable bonds is 3. The van der Waals surface area contributed by atoms with Gasteiger partial charge in [0, 0.05) is 37.0 Å². The molecule has 0 radical (unpaired) electrons. The third kappa shape index (κ3) is 5.89. The van der Waals surface area contributed by atoms with Crippen LogP contribution in [0.3, 0.4) is 0 Å². The van der Waals surface area contributed by atoms with Crippen LogP contribution in [0.15, 0.2) is 4.99 Å². The van der Waals surface area contributed by atoms with Crippen LogP contribution in [0, 0.1) is 5.41 Å². The van der Waals surface area contributed by atoms with E-state index in [2.05, 4.69) is 34.8 Å². The molecule has 0 aliphatic carbocycles. The van der Waals surface area contributed by atoms with Gasteiger partial charge in [-0.2, -0.15) is 0 Å². The number of hydrogen-bond donors (Lipinski definition) is 3. The van der Waals surface area contributed by atoms with Gasteiger partial charge < -0.3 is 16.0 Å². The fraction of sp³-hybridized carbons (Fsp3) is 0.846. The van der Waals surface area contributed by atoms with Crippen LogP contribution >= 0.6 is 0 Å². The van der Waals surface area contributed by atoms with Gasteiger partial charge in [-0.1, -0.05) is 13.8 Å². The molecule has 0 aromatic rings. The smallest absolute Gasteiger partial charge is 0.222 e. The van der Waals surface area contributed by atoms with Crippen LogP contribution in [-0.4, -0.2) is 37.0 Å². The molecule has 0 aromatic carbocycles. The molecule has 1 heterocycles. The molecule has 5 nitrogen and oxygen atoms in total. The summed E-state index contributed by atoms with van der Waals surface area (Å²) < 4.78 is 0. The molecule has 1 rings (SSSR count). The molecule has 0 aromatic heterocycles. The first-order chi connectivity index (χ1) is 8.18. The third-order valence-corrected chi connectivity index (χ3v) is 2.56. The highest BCUT2D eigenvalue weighted by atomic mass is 16.1. The summed E-state index contributed by atoms with van der Waals surface area (Å²) in [5.41, 5.74) is 0.0521. The van der Waals surface area contributed by atoms with Crippen molar-refractivity contribution < 1.29 is 4.79 Å². The maximum absolute atomic E-state index is 11.6. The number of hydrogen-bond acceptors (Lipinski definition) is 4. The lowest BCUT2D eigenvalue weighted by molar-refractivity contribution is -0.122. The lowest BCUT2D eigenvalue weighted by Gasteiger charge is -2.29. The topological polar surface area (TPSA) is 65.5 Å². The largest absolute Gasteiger partial charge is 0.356 e. The maximum Gasteiger partial charge on any atom is 0.222 e. The highest BCUT2D eigenvalue weighted by Gasteiger charge is 2.22. The van der Waals surface area contributed by atoms with Crippen molar-refractivity contribution in [3.63, 3.8) is 0 Å². The SMILES string of the molecule is CC1(C)CN=C(NCCC(=O)NC(C)(C)C)NC1. The Morgan fingerprint density at radius 1 is 1.44 bits per heavy atom. The summed E-state index contributed by atoms with van der Waals surface area (Å²) in [5.74, 6) is 0.865. The summed E-state index contributed by atoms with van der Waals surface area (Å²) >= 11 is 0. The zero-order valence-corrected chi connectivity index (χ0v) is 12.2. The van der Waals surface area contributed by atoms with Crippen molar-refractivity contribution in [3.05, 3.63) is 0 Å². The van der Waals surface area contributed by atoms with Crippen molar-refractivity contribution in [1.82, 2.24) is 16.0 Å². The van der Waals surface area contributed by atoms with Gasteiger partial charge in [0.05, 0.1) is 0 Å². The van der Waals surface area contributed by atoms with Gasteiger partial charge in [0.2, 0.25) is 5.91 Å². The van der Waals surface area contributed by atoms with Crippen LogP contribution < -0.4 is 16.0 Å². The van der Waals surface area contributed by atoms with E-state index < -0.39 is 0 Å². The maximum atomic E-state index is 11.6. The van der Waals surface area contributed by atoms with Crippen molar-refractivity contribution in [2.75, 3.05) is 19.6 Å². The average molecular weight is 254 g/mol. The van der Waals surface area contributed by atoms with Gasteiger partial charge in [-0.3, -0.25) is 9.79 Å². The summed E-state index contributed by atoms with van der Waals surface area (Å²) in [5, 5.41) is 9.32. The highest BCUT2D eigenvalue weighted by molar-refractivity contribution is 5.82. The minimum Gasteiger partial charge on any atom is -0.356 e. The van der Waals surface area contributed by atoms with Crippen LogP contribution in [0.1, 0.15) is 41.0 Å². The molecule has 5 heteroatoms. The minimum absolute atomic E-state index is 0.0618. The van der Waals surface area contributed by atoms with Gasteiger partial charge in [0.15, 0.2) is 5.96 Å². The van der Waals surface area contributed by atoms with Gasteiger partial charge in [-0.25, -0.2) is 0 Å². The molecule has 1 aliphatic rings. The number of guanidine groups is 1. The molecule has 104 valence electrons. The molecule has 0 bridgehead atoms. The number of nitrogens with zero attached hydrogens (tertiary/aromatic N) is 1. The molecule has 0 unspecified atom stereocenters. The van der Waals surface area contributed by atoms with E-state index in [9.17, 15) is 4.79 Å². The Bertz CT molecular complexity index is 328. The van der Waals surface area contributed by atoms with E-state index in [1.165, 1.54) is 0 Å². The third-order valence-electron chi connectivity index (χ3n) is 2.56.